The van der Waals surface area contributed by atoms with Crippen LogP contribution in [-0.4, -0.2) is 57.6 Å². The van der Waals surface area contributed by atoms with Gasteiger partial charge < -0.3 is 0 Å². The van der Waals surface area contributed by atoms with E-state index in [0.29, 0.717) is 19.1 Å². The van der Waals surface area contributed by atoms with Gasteiger partial charge in [0.2, 0.25) is 0 Å². The molecule has 0 aliphatic carbocycles. The van der Waals surface area contributed by atoms with Gasteiger partial charge in [-0.3, -0.25) is 0 Å². The molecule has 3 aromatic carbocycles. The molecule has 0 bridgehead atoms. The van der Waals surface area contributed by atoms with Crippen molar-refractivity contribution >= 4 is 7.21 Å². The zero-order valence-electron chi connectivity index (χ0n) is 26.1. The van der Waals surface area contributed by atoms with Crippen LogP contribution in [0.25, 0.3) is 0 Å². The van der Waals surface area contributed by atoms with Gasteiger partial charge in [0, 0.05) is 0 Å². The molecular weight excluding hydrogens is 541 g/mol. The second-order valence-corrected chi connectivity index (χ2v) is 15.8. The monoisotopic (exact) mass is 591 g/mol. The van der Waals surface area contributed by atoms with Gasteiger partial charge in [-0.1, -0.05) is 0 Å². The molecule has 0 spiro atoms. The van der Waals surface area contributed by atoms with Gasteiger partial charge in [0.25, 0.3) is 0 Å². The normalized spacial score (nSPS) is 13.4. The quantitative estimate of drug-likeness (QED) is 0.0724. The number of nitriles is 1. The van der Waals surface area contributed by atoms with Gasteiger partial charge in [0.1, 0.15) is 0 Å². The first-order valence-electron chi connectivity index (χ1n) is 15.2. The predicted molar refractivity (Wildman–Crippen MR) is 175 cm³/mol. The Hall–Kier alpha value is -2.62. The van der Waals surface area contributed by atoms with E-state index in [1.54, 1.807) is 7.11 Å². The molecule has 7 heteroatoms. The number of rotatable bonds is 17. The van der Waals surface area contributed by atoms with Crippen LogP contribution in [0.5, 0.6) is 0 Å². The molecule has 3 aromatic rings. The molecule has 0 heterocycles. The summed E-state index contributed by atoms with van der Waals surface area (Å²) in [5.41, 5.74) is 2.73. The summed E-state index contributed by atoms with van der Waals surface area (Å²) in [5.74, 6) is 0. The fourth-order valence-electron chi connectivity index (χ4n) is 6.70. The first-order chi connectivity index (χ1) is 20.1. The Bertz CT molecular complexity index is 1140. The topological polar surface area (TPSA) is 80.0 Å². The minimum atomic E-state index is -4.20. The van der Waals surface area contributed by atoms with E-state index in [-0.39, 0.29) is 24.7 Å². The maximum atomic E-state index is 11.8. The van der Waals surface area contributed by atoms with Gasteiger partial charge in [-0.15, -0.1) is 0 Å². The zero-order valence-corrected chi connectivity index (χ0v) is 27.0. The third-order valence-corrected chi connectivity index (χ3v) is 12.5. The minimum absolute atomic E-state index is 0.0197. The molecule has 0 aliphatic heterocycles. The Balaban J connectivity index is 1.81. The molecule has 0 atom stereocenters. The summed E-state index contributed by atoms with van der Waals surface area (Å²) in [5, 5.41) is 11.3. The average Bonchev–Trinajstić information content (AvgIpc) is 2.98. The number of hydrogen-bond donors (Lipinski definition) is 2. The van der Waals surface area contributed by atoms with Gasteiger partial charge in [-0.2, -0.15) is 0 Å². The fourth-order valence-corrected chi connectivity index (χ4v) is 10.9. The van der Waals surface area contributed by atoms with Crippen molar-refractivity contribution in [2.45, 2.75) is 77.4 Å². The fraction of sp³-hybridized carbons (Fsp3) is 0.457. The summed E-state index contributed by atoms with van der Waals surface area (Å²) < 4.78 is 1.88. The third-order valence-electron chi connectivity index (χ3n) is 8.17. The van der Waals surface area contributed by atoms with Crippen molar-refractivity contribution in [3.05, 3.63) is 108 Å². The summed E-state index contributed by atoms with van der Waals surface area (Å²) in [4.78, 5) is 29.8. The van der Waals surface area contributed by atoms with Gasteiger partial charge in [-0.25, -0.2) is 0 Å². The molecule has 0 unspecified atom stereocenters. The van der Waals surface area contributed by atoms with Gasteiger partial charge >= 0.3 is 254 Å². The van der Waals surface area contributed by atoms with Crippen LogP contribution < -0.4 is 0 Å². The third kappa shape index (κ3) is 7.66. The standard InChI is InChI=1S/C35H50N3O3P/c1-30(2)38(31(3)4)42(39,40,29-19-26-36)28-18-7-6-17-27-37(41-5)35(32-20-11-8-12-21-32,33-22-13-9-14-23-33)34-24-15-10-16-25-34/h8-16,20-25,30-31,39-40H,6-7,17-19,27-29H2,1-5H3. The first-order valence-corrected chi connectivity index (χ1v) is 17.7. The number of nitrogens with zero attached hydrogens (tertiary/aromatic N) is 3. The summed E-state index contributed by atoms with van der Waals surface area (Å²) in [7, 11) is -2.45. The van der Waals surface area contributed by atoms with E-state index in [2.05, 4.69) is 83.9 Å². The molecule has 0 radical (unpaired) electrons. The Labute approximate surface area is 253 Å². The summed E-state index contributed by atoms with van der Waals surface area (Å²) in [6.07, 6.45) is 3.95. The SMILES string of the molecule is CON(CCCCCCP(O)(O)(CCC#N)N(C(C)C)C(C)C)C(c1ccccc1)(c1ccccc1)c1ccccc1. The van der Waals surface area contributed by atoms with Crippen LogP contribution in [0.2, 0.25) is 0 Å². The van der Waals surface area contributed by atoms with E-state index >= 15 is 0 Å². The summed E-state index contributed by atoms with van der Waals surface area (Å²) >= 11 is 0. The van der Waals surface area contributed by atoms with E-state index in [1.165, 1.54) is 0 Å². The second kappa shape index (κ2) is 15.2. The first kappa shape index (κ1) is 33.9. The molecule has 0 aliphatic rings. The van der Waals surface area contributed by atoms with Gasteiger partial charge in [0.05, 0.1) is 0 Å². The van der Waals surface area contributed by atoms with Crippen LogP contribution in [0.15, 0.2) is 91.0 Å². The molecule has 3 rings (SSSR count). The molecule has 2 N–H and O–H groups in total. The molecule has 42 heavy (non-hydrogen) atoms. The van der Waals surface area contributed by atoms with E-state index in [9.17, 15) is 15.0 Å². The van der Waals surface area contributed by atoms with Gasteiger partial charge in [0.15, 0.2) is 0 Å². The molecule has 0 amide bonds. The summed E-state index contributed by atoms with van der Waals surface area (Å²) in [6, 6.07) is 33.6. The molecule has 0 saturated carbocycles. The van der Waals surface area contributed by atoms with Crippen LogP contribution >= 0.6 is 7.21 Å². The number of unbranched alkanes of at least 4 members (excludes halogenated alkanes) is 3. The Morgan fingerprint density at radius 1 is 0.714 bits per heavy atom. The molecule has 0 aromatic heterocycles. The van der Waals surface area contributed by atoms with E-state index < -0.39 is 12.7 Å². The molecule has 0 saturated heterocycles. The molecule has 6 nitrogen and oxygen atoms in total. The molecule has 228 valence electrons. The average molecular weight is 592 g/mol. The molecule has 0 fully saturated rings. The van der Waals surface area contributed by atoms with Crippen LogP contribution in [0.1, 0.15) is 76.5 Å². The zero-order chi connectivity index (χ0) is 30.7. The van der Waals surface area contributed by atoms with E-state index in [0.717, 1.165) is 36.0 Å². The van der Waals surface area contributed by atoms with E-state index in [4.69, 9.17) is 4.84 Å². The van der Waals surface area contributed by atoms with Crippen molar-refractivity contribution < 1.29 is 14.6 Å². The van der Waals surface area contributed by atoms with Crippen molar-refractivity contribution in [1.82, 2.24) is 9.73 Å². The van der Waals surface area contributed by atoms with Crippen LogP contribution in [-0.2, 0) is 10.4 Å². The van der Waals surface area contributed by atoms with Crippen molar-refractivity contribution in [3.8, 4) is 6.07 Å². The summed E-state index contributed by atoms with van der Waals surface area (Å²) in [6.45, 7) is 8.68. The van der Waals surface area contributed by atoms with Crippen LogP contribution in [0.3, 0.4) is 0 Å². The van der Waals surface area contributed by atoms with Crippen molar-refractivity contribution in [2.75, 3.05) is 26.0 Å². The molecular formula is C35H50N3O3P. The number of benzene rings is 3. The maximum absolute atomic E-state index is 11.8. The van der Waals surface area contributed by atoms with Crippen molar-refractivity contribution in [3.63, 3.8) is 0 Å². The van der Waals surface area contributed by atoms with Crippen molar-refractivity contribution in [1.29, 1.82) is 5.26 Å². The number of hydroxylamine groups is 2. The second-order valence-electron chi connectivity index (χ2n) is 11.8. The van der Waals surface area contributed by atoms with E-state index in [1.807, 2.05) is 50.6 Å². The van der Waals surface area contributed by atoms with Crippen LogP contribution in [0, 0.1) is 11.3 Å². The van der Waals surface area contributed by atoms with Crippen LogP contribution in [0.4, 0.5) is 0 Å². The van der Waals surface area contributed by atoms with Gasteiger partial charge in [-0.05, 0) is 0 Å². The Kier molecular flexibility index (Phi) is 12.3. The number of hydrogen-bond acceptors (Lipinski definition) is 6. The van der Waals surface area contributed by atoms with Crippen molar-refractivity contribution in [2.24, 2.45) is 0 Å². The predicted octanol–water partition coefficient (Wildman–Crippen LogP) is 7.72. The Morgan fingerprint density at radius 2 is 1.14 bits per heavy atom. The Morgan fingerprint density at radius 3 is 1.52 bits per heavy atom.